The van der Waals surface area contributed by atoms with Gasteiger partial charge in [0, 0.05) is 28.9 Å². The largest absolute Gasteiger partial charge is 0.487 e. The number of benzene rings is 2. The van der Waals surface area contributed by atoms with Gasteiger partial charge < -0.3 is 20.5 Å². The Labute approximate surface area is 237 Å². The topological polar surface area (TPSA) is 114 Å². The molecule has 0 aliphatic heterocycles. The van der Waals surface area contributed by atoms with Gasteiger partial charge in [-0.2, -0.15) is 5.10 Å². The minimum atomic E-state index is -0.315. The van der Waals surface area contributed by atoms with Gasteiger partial charge in [0.1, 0.15) is 41.7 Å². The highest BCUT2D eigenvalue weighted by Gasteiger charge is 2.26. The van der Waals surface area contributed by atoms with Crippen molar-refractivity contribution in [3.8, 4) is 16.2 Å². The number of carbonyl (C=O) groups is 1. The molecule has 40 heavy (non-hydrogen) atoms. The lowest BCUT2D eigenvalue weighted by Gasteiger charge is -2.13. The quantitative estimate of drug-likeness (QED) is 0.228. The van der Waals surface area contributed by atoms with Crippen LogP contribution in [-0.4, -0.2) is 43.9 Å². The van der Waals surface area contributed by atoms with E-state index in [0.717, 1.165) is 50.4 Å². The molecule has 2 aromatic carbocycles. The molecule has 1 aliphatic carbocycles. The predicted molar refractivity (Wildman–Crippen MR) is 152 cm³/mol. The molecule has 5 aromatic rings. The number of aryl methyl sites for hydroxylation is 2. The zero-order chi connectivity index (χ0) is 27.6. The number of rotatable bonds is 9. The highest BCUT2D eigenvalue weighted by molar-refractivity contribution is 7.22. The molecule has 0 saturated heterocycles. The molecule has 204 valence electrons. The van der Waals surface area contributed by atoms with Crippen LogP contribution in [0.5, 0.6) is 5.75 Å². The van der Waals surface area contributed by atoms with Crippen LogP contribution in [0.2, 0.25) is 5.02 Å². The van der Waals surface area contributed by atoms with E-state index in [4.69, 9.17) is 21.4 Å². The van der Waals surface area contributed by atoms with E-state index in [-0.39, 0.29) is 38.0 Å². The highest BCUT2D eigenvalue weighted by Crippen LogP contribution is 2.45. The molecule has 0 fully saturated rings. The van der Waals surface area contributed by atoms with Gasteiger partial charge in [-0.1, -0.05) is 23.7 Å². The number of nitrogens with zero attached hydrogens (tertiary/aromatic N) is 4. The van der Waals surface area contributed by atoms with Gasteiger partial charge in [-0.3, -0.25) is 9.48 Å². The predicted octanol–water partition coefficient (Wildman–Crippen LogP) is 4.88. The maximum Gasteiger partial charge on any atom is 0.241 e. The second-order valence-electron chi connectivity index (χ2n) is 9.26. The van der Waals surface area contributed by atoms with Crippen LogP contribution in [-0.2, 0) is 30.8 Å². The number of aliphatic hydroxyl groups excluding tert-OH is 1. The van der Waals surface area contributed by atoms with Crippen molar-refractivity contribution in [2.75, 3.05) is 18.5 Å². The first-order chi connectivity index (χ1) is 19.5. The van der Waals surface area contributed by atoms with Crippen LogP contribution >= 0.6 is 22.9 Å². The Hall–Kier alpha value is -4.06. The monoisotopic (exact) mass is 578 g/mol. The molecular weight excluding hydrogens is 555 g/mol. The Bertz CT molecular complexity index is 1720. The molecule has 12 heteroatoms. The summed E-state index contributed by atoms with van der Waals surface area (Å²) in [6, 6.07) is 11.6. The average Bonchev–Trinajstić information content (AvgIpc) is 3.53. The minimum absolute atomic E-state index is 0.0859. The number of hydrogen-bond donors (Lipinski definition) is 3. The number of aromatic nitrogens is 4. The van der Waals surface area contributed by atoms with Crippen molar-refractivity contribution in [2.45, 2.75) is 26.0 Å². The van der Waals surface area contributed by atoms with Crippen molar-refractivity contribution >= 4 is 50.6 Å². The molecule has 0 saturated carbocycles. The van der Waals surface area contributed by atoms with Crippen molar-refractivity contribution in [2.24, 2.45) is 0 Å². The highest BCUT2D eigenvalue weighted by atomic mass is 35.5. The van der Waals surface area contributed by atoms with Gasteiger partial charge in [0.25, 0.3) is 0 Å². The third kappa shape index (κ3) is 5.35. The maximum atomic E-state index is 13.5. The summed E-state index contributed by atoms with van der Waals surface area (Å²) in [5.74, 6) is 0.648. The zero-order valence-electron chi connectivity index (χ0n) is 21.2. The summed E-state index contributed by atoms with van der Waals surface area (Å²) in [5.41, 5.74) is 4.52. The number of anilines is 2. The Morgan fingerprint density at radius 2 is 2.10 bits per heavy atom. The number of ether oxygens (including phenoxy) is 1. The van der Waals surface area contributed by atoms with E-state index in [0.29, 0.717) is 22.2 Å². The molecule has 3 aromatic heterocycles. The van der Waals surface area contributed by atoms with E-state index in [1.165, 1.54) is 18.5 Å². The lowest BCUT2D eigenvalue weighted by molar-refractivity contribution is -0.122. The second-order valence-corrected chi connectivity index (χ2v) is 10.7. The fourth-order valence-electron chi connectivity index (χ4n) is 4.72. The fraction of sp³-hybridized carbons (Fsp3) is 0.214. The first kappa shape index (κ1) is 26.2. The maximum absolute atomic E-state index is 13.5. The van der Waals surface area contributed by atoms with Crippen LogP contribution in [0.1, 0.15) is 16.8 Å². The normalized spacial score (nSPS) is 12.2. The molecule has 0 spiro atoms. The summed E-state index contributed by atoms with van der Waals surface area (Å²) in [7, 11) is 0. The van der Waals surface area contributed by atoms with Gasteiger partial charge in [-0.15, -0.1) is 11.3 Å². The molecule has 0 radical (unpaired) electrons. The van der Waals surface area contributed by atoms with Crippen LogP contribution in [0, 0.1) is 5.82 Å². The van der Waals surface area contributed by atoms with Crippen molar-refractivity contribution in [3.63, 3.8) is 0 Å². The number of halogens is 2. The first-order valence-corrected chi connectivity index (χ1v) is 13.8. The number of carbonyl (C=O) groups excluding carboxylic acids is 1. The molecule has 9 nitrogen and oxygen atoms in total. The minimum Gasteiger partial charge on any atom is -0.487 e. The molecule has 0 bridgehead atoms. The summed E-state index contributed by atoms with van der Waals surface area (Å²) < 4.78 is 20.9. The standard InChI is InChI=1S/C28H24ClFN6O3S/c29-21-11-18(4-7-23(21)39-14-16-2-1-3-17(30)10-16)34-27-25-19-5-6-22-20(26(19)40-28(25)33-15-32-27)12-36(35-22)13-24(38)31-8-9-37/h1-4,7,10-12,15,37H,5-6,8-9,13-14H2,(H,31,38)(H,32,33,34). The number of nitrogens with one attached hydrogen (secondary N) is 2. The Morgan fingerprint density at radius 1 is 1.20 bits per heavy atom. The zero-order valence-corrected chi connectivity index (χ0v) is 22.7. The number of amides is 1. The lowest BCUT2D eigenvalue weighted by Crippen LogP contribution is -2.30. The van der Waals surface area contributed by atoms with E-state index in [1.54, 1.807) is 40.3 Å². The van der Waals surface area contributed by atoms with Gasteiger partial charge in [0.05, 0.1) is 22.7 Å². The van der Waals surface area contributed by atoms with Crippen molar-refractivity contribution in [1.82, 2.24) is 25.1 Å². The molecular formula is C28H24ClFN6O3S. The van der Waals surface area contributed by atoms with Crippen LogP contribution < -0.4 is 15.4 Å². The summed E-state index contributed by atoms with van der Waals surface area (Å²) in [5, 5.41) is 20.9. The van der Waals surface area contributed by atoms with Gasteiger partial charge in [-0.25, -0.2) is 14.4 Å². The van der Waals surface area contributed by atoms with Gasteiger partial charge in [-0.05, 0) is 54.3 Å². The summed E-state index contributed by atoms with van der Waals surface area (Å²) in [6.07, 6.45) is 4.92. The van der Waals surface area contributed by atoms with Crippen LogP contribution in [0.4, 0.5) is 15.9 Å². The first-order valence-electron chi connectivity index (χ1n) is 12.6. The average molecular weight is 579 g/mol. The van der Waals surface area contributed by atoms with E-state index < -0.39 is 0 Å². The fourth-order valence-corrected chi connectivity index (χ4v) is 6.18. The van der Waals surface area contributed by atoms with Crippen molar-refractivity contribution in [3.05, 3.63) is 82.6 Å². The van der Waals surface area contributed by atoms with Crippen molar-refractivity contribution in [1.29, 1.82) is 0 Å². The second kappa shape index (κ2) is 11.2. The smallest absolute Gasteiger partial charge is 0.241 e. The number of thiophene rings is 1. The van der Waals surface area contributed by atoms with Gasteiger partial charge in [0.15, 0.2) is 0 Å². The number of hydrogen-bond acceptors (Lipinski definition) is 8. The lowest BCUT2D eigenvalue weighted by atomic mass is 9.95. The van der Waals surface area contributed by atoms with Gasteiger partial charge >= 0.3 is 0 Å². The molecule has 6 rings (SSSR count). The van der Waals surface area contributed by atoms with Crippen LogP contribution in [0.25, 0.3) is 20.7 Å². The van der Waals surface area contributed by atoms with E-state index in [2.05, 4.69) is 25.7 Å². The summed E-state index contributed by atoms with van der Waals surface area (Å²) in [6.45, 7) is 0.390. The van der Waals surface area contributed by atoms with E-state index >= 15 is 0 Å². The number of aliphatic hydroxyl groups is 1. The third-order valence-corrected chi connectivity index (χ3v) is 7.97. The molecule has 1 aliphatic rings. The SMILES string of the molecule is O=C(Cn1cc2c(n1)CCc1c-2sc2ncnc(Nc3ccc(OCc4cccc(F)c4)c(Cl)c3)c12)NCCO. The molecule has 3 heterocycles. The van der Waals surface area contributed by atoms with E-state index in [1.807, 2.05) is 12.3 Å². The molecule has 1 amide bonds. The molecule has 3 N–H and O–H groups in total. The van der Waals surface area contributed by atoms with Crippen molar-refractivity contribution < 1.29 is 19.0 Å². The molecule has 0 unspecified atom stereocenters. The Morgan fingerprint density at radius 3 is 2.92 bits per heavy atom. The third-order valence-electron chi connectivity index (χ3n) is 6.50. The number of fused-ring (bicyclic) bond motifs is 5. The summed E-state index contributed by atoms with van der Waals surface area (Å²) >= 11 is 8.08. The van der Waals surface area contributed by atoms with Crippen LogP contribution in [0.15, 0.2) is 55.0 Å². The van der Waals surface area contributed by atoms with E-state index in [9.17, 15) is 9.18 Å². The Kier molecular flexibility index (Phi) is 7.33. The van der Waals surface area contributed by atoms with Gasteiger partial charge in [0.2, 0.25) is 5.91 Å². The van der Waals surface area contributed by atoms with Crippen LogP contribution in [0.3, 0.4) is 0 Å². The molecule has 0 atom stereocenters. The summed E-state index contributed by atoms with van der Waals surface area (Å²) in [4.78, 5) is 23.1. The Balaban J connectivity index is 1.23.